The van der Waals surface area contributed by atoms with Crippen LogP contribution in [0.3, 0.4) is 0 Å². The van der Waals surface area contributed by atoms with Gasteiger partial charge in [-0.05, 0) is 22.9 Å². The third kappa shape index (κ3) is 2.47. The van der Waals surface area contributed by atoms with Gasteiger partial charge in [0.25, 0.3) is 11.7 Å². The average Bonchev–Trinajstić information content (AvgIpc) is 3.28. The highest BCUT2D eigenvalue weighted by molar-refractivity contribution is 7.12. The van der Waals surface area contributed by atoms with Crippen LogP contribution >= 0.6 is 22.7 Å². The molecular weight excluding hydrogens is 318 g/mol. The first-order valence-corrected chi connectivity index (χ1v) is 8.10. The Kier molecular flexibility index (Phi) is 3.33. The molecule has 0 N–H and O–H groups in total. The third-order valence-electron chi connectivity index (χ3n) is 2.79. The molecule has 0 bridgehead atoms. The summed E-state index contributed by atoms with van der Waals surface area (Å²) in [6, 6.07) is 7.92. The monoisotopic (exact) mass is 327 g/mol. The van der Waals surface area contributed by atoms with E-state index in [1.54, 1.807) is 50.6 Å². The van der Waals surface area contributed by atoms with Gasteiger partial charge >= 0.3 is 0 Å². The molecule has 0 saturated heterocycles. The van der Waals surface area contributed by atoms with Crippen LogP contribution in [0.2, 0.25) is 0 Å². The molecule has 0 aliphatic heterocycles. The minimum atomic E-state index is 0.425. The first kappa shape index (κ1) is 13.0. The Balaban J connectivity index is 1.64. The van der Waals surface area contributed by atoms with Crippen LogP contribution in [0.4, 0.5) is 5.95 Å². The lowest BCUT2D eigenvalue weighted by Crippen LogP contribution is -1.89. The molecule has 0 radical (unpaired) electrons. The molecule has 4 aromatic heterocycles. The van der Waals surface area contributed by atoms with Gasteiger partial charge in [0.15, 0.2) is 0 Å². The predicted molar refractivity (Wildman–Crippen MR) is 87.7 cm³/mol. The summed E-state index contributed by atoms with van der Waals surface area (Å²) in [6.07, 6.45) is 5.09. The Hall–Kier alpha value is -2.65. The van der Waals surface area contributed by atoms with Crippen molar-refractivity contribution in [2.24, 2.45) is 10.1 Å². The zero-order valence-corrected chi connectivity index (χ0v) is 12.8. The minimum absolute atomic E-state index is 0.425. The Bertz CT molecular complexity index is 850. The molecule has 0 atom stereocenters. The Morgan fingerprint density at radius 3 is 2.50 bits per heavy atom. The van der Waals surface area contributed by atoms with Crippen LogP contribution in [0.1, 0.15) is 9.75 Å². The molecule has 108 valence electrons. The van der Waals surface area contributed by atoms with E-state index < -0.39 is 0 Å². The first-order valence-electron chi connectivity index (χ1n) is 6.34. The maximum absolute atomic E-state index is 4.33. The van der Waals surface area contributed by atoms with Gasteiger partial charge in [-0.2, -0.15) is 14.3 Å². The maximum Gasteiger partial charge on any atom is 0.276 e. The van der Waals surface area contributed by atoms with Crippen molar-refractivity contribution in [3.63, 3.8) is 0 Å². The molecule has 22 heavy (non-hydrogen) atoms. The molecule has 4 rings (SSSR count). The molecule has 7 nitrogen and oxygen atoms in total. The normalized spacial score (nSPS) is 12.2. The number of rotatable bonds is 4. The topological polar surface area (TPSA) is 72.7 Å². The van der Waals surface area contributed by atoms with Gasteiger partial charge in [0.2, 0.25) is 0 Å². The molecule has 0 unspecified atom stereocenters. The summed E-state index contributed by atoms with van der Waals surface area (Å²) in [4.78, 5) is 6.42. The number of thiophene rings is 2. The molecule has 9 heteroatoms. The van der Waals surface area contributed by atoms with Gasteiger partial charge in [-0.25, -0.2) is 4.99 Å². The molecule has 0 amide bonds. The molecule has 4 heterocycles. The molecule has 0 saturated carbocycles. The highest BCUT2D eigenvalue weighted by Crippen LogP contribution is 2.12. The lowest BCUT2D eigenvalue weighted by molar-refractivity contribution is 0.883. The fourth-order valence-corrected chi connectivity index (χ4v) is 2.96. The van der Waals surface area contributed by atoms with E-state index in [1.165, 1.54) is 0 Å². The highest BCUT2D eigenvalue weighted by atomic mass is 32.1. The lowest BCUT2D eigenvalue weighted by atomic mass is 10.5. The van der Waals surface area contributed by atoms with Gasteiger partial charge in [-0.15, -0.1) is 38.0 Å². The Labute approximate surface area is 132 Å². The van der Waals surface area contributed by atoms with E-state index in [2.05, 4.69) is 25.4 Å². The van der Waals surface area contributed by atoms with Crippen molar-refractivity contribution in [3.05, 3.63) is 51.1 Å². The quantitative estimate of drug-likeness (QED) is 0.541. The van der Waals surface area contributed by atoms with Gasteiger partial charge in [0, 0.05) is 16.0 Å². The maximum atomic E-state index is 4.33. The van der Waals surface area contributed by atoms with Crippen molar-refractivity contribution in [3.8, 4) is 0 Å². The zero-order chi connectivity index (χ0) is 14.8. The molecule has 0 aromatic carbocycles. The number of hydrogen-bond donors (Lipinski definition) is 0. The minimum Gasteiger partial charge on any atom is -0.217 e. The smallest absolute Gasteiger partial charge is 0.217 e. The van der Waals surface area contributed by atoms with Crippen LogP contribution in [-0.2, 0) is 0 Å². The second-order valence-corrected chi connectivity index (χ2v) is 6.18. The van der Waals surface area contributed by atoms with Crippen molar-refractivity contribution >= 4 is 46.8 Å². The van der Waals surface area contributed by atoms with E-state index in [9.17, 15) is 0 Å². The molecule has 0 aliphatic rings. The highest BCUT2D eigenvalue weighted by Gasteiger charge is 2.09. The Morgan fingerprint density at radius 1 is 1.00 bits per heavy atom. The summed E-state index contributed by atoms with van der Waals surface area (Å²) in [5, 5.41) is 20.6. The number of nitrogens with zero attached hydrogens (tertiary/aromatic N) is 7. The van der Waals surface area contributed by atoms with E-state index >= 15 is 0 Å². The summed E-state index contributed by atoms with van der Waals surface area (Å²) < 4.78 is 3.12. The summed E-state index contributed by atoms with van der Waals surface area (Å²) in [5.41, 5.74) is 0. The van der Waals surface area contributed by atoms with Crippen LogP contribution in [-0.4, -0.2) is 36.9 Å². The van der Waals surface area contributed by atoms with E-state index in [-0.39, 0.29) is 0 Å². The summed E-state index contributed by atoms with van der Waals surface area (Å²) in [5.74, 6) is 0.944. The van der Waals surface area contributed by atoms with E-state index in [1.807, 2.05) is 35.0 Å². The van der Waals surface area contributed by atoms with Crippen LogP contribution in [0.15, 0.2) is 51.4 Å². The molecule has 0 aliphatic carbocycles. The predicted octanol–water partition coefficient (Wildman–Crippen LogP) is 2.68. The SMILES string of the molecule is C(=Nc1nnc2n(/N=C\c3cccs3)cnn12)c1cccs1. The van der Waals surface area contributed by atoms with Crippen LogP contribution in [0.25, 0.3) is 5.78 Å². The van der Waals surface area contributed by atoms with E-state index in [0.717, 1.165) is 9.75 Å². The fraction of sp³-hybridized carbons (Fsp3) is 0. The third-order valence-corrected chi connectivity index (χ3v) is 4.41. The van der Waals surface area contributed by atoms with Crippen LogP contribution < -0.4 is 0 Å². The standard InChI is InChI=1S/C13H9N7S2/c1-3-10(21-5-1)7-14-12-17-18-13-19(9-16-20(12)13)15-8-11-4-2-6-22-11/h1-9H/b14-7?,15-8-. The van der Waals surface area contributed by atoms with Gasteiger partial charge in [-0.3, -0.25) is 0 Å². The molecule has 0 fully saturated rings. The van der Waals surface area contributed by atoms with Crippen molar-refractivity contribution < 1.29 is 0 Å². The number of hydrogen-bond acceptors (Lipinski definition) is 7. The fourth-order valence-electron chi connectivity index (χ4n) is 1.79. The zero-order valence-electron chi connectivity index (χ0n) is 11.1. The summed E-state index contributed by atoms with van der Waals surface area (Å²) in [7, 11) is 0. The van der Waals surface area contributed by atoms with Crippen molar-refractivity contribution in [1.29, 1.82) is 0 Å². The van der Waals surface area contributed by atoms with E-state index in [4.69, 9.17) is 0 Å². The van der Waals surface area contributed by atoms with E-state index in [0.29, 0.717) is 11.7 Å². The number of aliphatic imine (C=N–C) groups is 1. The Morgan fingerprint density at radius 2 is 1.77 bits per heavy atom. The van der Waals surface area contributed by atoms with Gasteiger partial charge < -0.3 is 0 Å². The largest absolute Gasteiger partial charge is 0.276 e. The van der Waals surface area contributed by atoms with Crippen LogP contribution in [0.5, 0.6) is 0 Å². The van der Waals surface area contributed by atoms with Crippen molar-refractivity contribution in [1.82, 2.24) is 24.5 Å². The number of aromatic nitrogens is 5. The lowest BCUT2D eigenvalue weighted by Gasteiger charge is -1.88. The molecule has 0 spiro atoms. The second kappa shape index (κ2) is 5.62. The summed E-state index contributed by atoms with van der Waals surface area (Å²) in [6.45, 7) is 0. The van der Waals surface area contributed by atoms with Crippen LogP contribution in [0, 0.1) is 0 Å². The number of fused-ring (bicyclic) bond motifs is 1. The second-order valence-electron chi connectivity index (χ2n) is 4.22. The molecular formula is C13H9N7S2. The van der Waals surface area contributed by atoms with Gasteiger partial charge in [0.1, 0.15) is 6.33 Å². The van der Waals surface area contributed by atoms with Gasteiger partial charge in [0.05, 0.1) is 6.21 Å². The summed E-state index contributed by atoms with van der Waals surface area (Å²) >= 11 is 3.22. The van der Waals surface area contributed by atoms with Crippen molar-refractivity contribution in [2.45, 2.75) is 0 Å². The molecule has 4 aromatic rings. The van der Waals surface area contributed by atoms with Gasteiger partial charge in [-0.1, -0.05) is 12.1 Å². The average molecular weight is 327 g/mol. The van der Waals surface area contributed by atoms with Crippen molar-refractivity contribution in [2.75, 3.05) is 0 Å². The first-order chi connectivity index (χ1) is 10.9.